The van der Waals surface area contributed by atoms with Gasteiger partial charge in [-0.05, 0) is 29.9 Å². The molecule has 1 fully saturated rings. The van der Waals surface area contributed by atoms with Gasteiger partial charge in [0.15, 0.2) is 0 Å². The van der Waals surface area contributed by atoms with Crippen LogP contribution in [-0.4, -0.2) is 45.9 Å². The molecule has 1 aliphatic rings. The normalized spacial score (nSPS) is 20.5. The van der Waals surface area contributed by atoms with Gasteiger partial charge in [0.1, 0.15) is 0 Å². The van der Waals surface area contributed by atoms with Crippen LogP contribution in [0.5, 0.6) is 0 Å². The third-order valence-corrected chi connectivity index (χ3v) is 5.22. The maximum Gasteiger partial charge on any atom is 0.228 e. The zero-order valence-electron chi connectivity index (χ0n) is 13.9. The number of amides is 1. The van der Waals surface area contributed by atoms with Crippen LogP contribution < -0.4 is 0 Å². The first-order chi connectivity index (χ1) is 11.7. The van der Waals surface area contributed by atoms with E-state index in [2.05, 4.69) is 11.7 Å². The molecule has 0 radical (unpaired) electrons. The third-order valence-electron chi connectivity index (χ3n) is 4.34. The largest absolute Gasteiger partial charge is 0.372 e. The van der Waals surface area contributed by atoms with Gasteiger partial charge in [0.2, 0.25) is 5.91 Å². The number of thiophene rings is 1. The third kappa shape index (κ3) is 3.94. The van der Waals surface area contributed by atoms with Gasteiger partial charge in [-0.2, -0.15) is 5.10 Å². The van der Waals surface area contributed by atoms with E-state index in [1.807, 2.05) is 41.9 Å². The maximum absolute atomic E-state index is 12.8. The van der Waals surface area contributed by atoms with Gasteiger partial charge in [-0.1, -0.05) is 12.1 Å². The zero-order valence-corrected chi connectivity index (χ0v) is 14.7. The Balaban J connectivity index is 1.72. The predicted molar refractivity (Wildman–Crippen MR) is 95.0 cm³/mol. The second kappa shape index (κ2) is 7.77. The van der Waals surface area contributed by atoms with Crippen molar-refractivity contribution >= 4 is 17.2 Å². The van der Waals surface area contributed by atoms with E-state index < -0.39 is 0 Å². The minimum Gasteiger partial charge on any atom is -0.372 e. The van der Waals surface area contributed by atoms with E-state index >= 15 is 0 Å². The number of rotatable bonds is 7. The number of likely N-dealkylation sites (tertiary alicyclic amines) is 1. The van der Waals surface area contributed by atoms with Crippen molar-refractivity contribution in [2.75, 3.05) is 13.2 Å². The second-order valence-corrected chi connectivity index (χ2v) is 7.12. The van der Waals surface area contributed by atoms with Gasteiger partial charge < -0.3 is 9.64 Å². The monoisotopic (exact) mass is 345 g/mol. The van der Waals surface area contributed by atoms with Crippen LogP contribution in [0.1, 0.15) is 16.9 Å². The first-order valence-electron chi connectivity index (χ1n) is 8.19. The highest BCUT2D eigenvalue weighted by Crippen LogP contribution is 2.26. The lowest BCUT2D eigenvalue weighted by Crippen LogP contribution is -2.42. The molecule has 3 heterocycles. The smallest absolute Gasteiger partial charge is 0.228 e. The quantitative estimate of drug-likeness (QED) is 0.724. The molecule has 0 unspecified atom stereocenters. The Hall–Kier alpha value is -1.92. The van der Waals surface area contributed by atoms with Crippen molar-refractivity contribution in [3.63, 3.8) is 0 Å². The number of ether oxygens (including phenoxy) is 1. The molecule has 0 saturated carbocycles. The van der Waals surface area contributed by atoms with Crippen LogP contribution in [0, 0.1) is 0 Å². The fourth-order valence-corrected chi connectivity index (χ4v) is 3.94. The Bertz CT molecular complexity index is 680. The van der Waals surface area contributed by atoms with Gasteiger partial charge in [-0.3, -0.25) is 9.48 Å². The van der Waals surface area contributed by atoms with Gasteiger partial charge in [-0.15, -0.1) is 17.9 Å². The standard InChI is InChI=1S/C18H23N3O2S/c1-3-8-23-17-6-7-21(18(22)11-15-5-4-9-24-15)16(17)10-14-12-19-20(2)13-14/h3-5,9,12-13,16-17H,1,6-8,10-11H2,2H3/t16-,17-/m1/s1. The van der Waals surface area contributed by atoms with Crippen LogP contribution in [0.25, 0.3) is 0 Å². The molecule has 24 heavy (non-hydrogen) atoms. The van der Waals surface area contributed by atoms with Gasteiger partial charge >= 0.3 is 0 Å². The van der Waals surface area contributed by atoms with Gasteiger partial charge in [-0.25, -0.2) is 0 Å². The molecule has 2 aromatic rings. The molecule has 0 N–H and O–H groups in total. The summed E-state index contributed by atoms with van der Waals surface area (Å²) >= 11 is 1.63. The van der Waals surface area contributed by atoms with Gasteiger partial charge in [0.25, 0.3) is 0 Å². The molecule has 0 aromatic carbocycles. The van der Waals surface area contributed by atoms with Crippen LogP contribution in [-0.2, 0) is 29.4 Å². The van der Waals surface area contributed by atoms with Gasteiger partial charge in [0, 0.05) is 24.7 Å². The second-order valence-electron chi connectivity index (χ2n) is 6.09. The van der Waals surface area contributed by atoms with E-state index in [0.717, 1.165) is 29.8 Å². The summed E-state index contributed by atoms with van der Waals surface area (Å²) in [6, 6.07) is 4.06. The molecule has 5 nitrogen and oxygen atoms in total. The fourth-order valence-electron chi connectivity index (χ4n) is 3.25. The SMILES string of the molecule is C=CCO[C@@H]1CCN(C(=O)Cc2cccs2)[C@@H]1Cc1cnn(C)c1. The molecular formula is C18H23N3O2S. The number of carbonyl (C=O) groups is 1. The van der Waals surface area contributed by atoms with Gasteiger partial charge in [0.05, 0.1) is 31.4 Å². The summed E-state index contributed by atoms with van der Waals surface area (Å²) < 4.78 is 7.72. The van der Waals surface area contributed by atoms with E-state index in [4.69, 9.17) is 4.74 Å². The predicted octanol–water partition coefficient (Wildman–Crippen LogP) is 2.44. The molecule has 0 bridgehead atoms. The molecule has 0 spiro atoms. The summed E-state index contributed by atoms with van der Waals surface area (Å²) in [6.07, 6.45) is 7.79. The topological polar surface area (TPSA) is 47.4 Å². The van der Waals surface area contributed by atoms with Crippen LogP contribution in [0.3, 0.4) is 0 Å². The Morgan fingerprint density at radius 2 is 2.46 bits per heavy atom. The Morgan fingerprint density at radius 3 is 3.12 bits per heavy atom. The maximum atomic E-state index is 12.8. The summed E-state index contributed by atoms with van der Waals surface area (Å²) in [5.41, 5.74) is 1.13. The summed E-state index contributed by atoms with van der Waals surface area (Å²) in [6.45, 7) is 4.98. The number of aromatic nitrogens is 2. The lowest BCUT2D eigenvalue weighted by molar-refractivity contribution is -0.132. The van der Waals surface area contributed by atoms with Crippen LogP contribution >= 0.6 is 11.3 Å². The van der Waals surface area contributed by atoms with Crippen molar-refractivity contribution in [3.05, 3.63) is 53.0 Å². The van der Waals surface area contributed by atoms with E-state index in [0.29, 0.717) is 13.0 Å². The molecule has 1 aliphatic heterocycles. The summed E-state index contributed by atoms with van der Waals surface area (Å²) in [4.78, 5) is 15.9. The lowest BCUT2D eigenvalue weighted by Gasteiger charge is -2.28. The Morgan fingerprint density at radius 1 is 1.58 bits per heavy atom. The number of nitrogens with zero attached hydrogens (tertiary/aromatic N) is 3. The first kappa shape index (κ1) is 16.9. The van der Waals surface area contributed by atoms with Crippen molar-refractivity contribution in [2.24, 2.45) is 7.05 Å². The molecular weight excluding hydrogens is 322 g/mol. The Labute approximate surface area is 146 Å². The summed E-state index contributed by atoms with van der Waals surface area (Å²) in [7, 11) is 1.91. The summed E-state index contributed by atoms with van der Waals surface area (Å²) in [5, 5.41) is 6.24. The fraction of sp³-hybridized carbons (Fsp3) is 0.444. The van der Waals surface area contributed by atoms with Crippen molar-refractivity contribution in [1.82, 2.24) is 14.7 Å². The molecule has 0 aliphatic carbocycles. The highest BCUT2D eigenvalue weighted by Gasteiger charge is 2.37. The number of hydrogen-bond donors (Lipinski definition) is 0. The Kier molecular flexibility index (Phi) is 5.48. The number of hydrogen-bond acceptors (Lipinski definition) is 4. The van der Waals surface area contributed by atoms with Crippen LogP contribution in [0.4, 0.5) is 0 Å². The molecule has 128 valence electrons. The highest BCUT2D eigenvalue weighted by atomic mass is 32.1. The number of aryl methyl sites for hydroxylation is 1. The number of carbonyl (C=O) groups excluding carboxylic acids is 1. The summed E-state index contributed by atoms with van der Waals surface area (Å²) in [5.74, 6) is 0.177. The van der Waals surface area contributed by atoms with Crippen molar-refractivity contribution in [1.29, 1.82) is 0 Å². The minimum atomic E-state index is 0.0514. The molecule has 3 rings (SSSR count). The van der Waals surface area contributed by atoms with E-state index in [-0.39, 0.29) is 18.1 Å². The van der Waals surface area contributed by atoms with Crippen LogP contribution in [0.2, 0.25) is 0 Å². The molecule has 6 heteroatoms. The minimum absolute atomic E-state index is 0.0514. The van der Waals surface area contributed by atoms with E-state index in [9.17, 15) is 4.79 Å². The lowest BCUT2D eigenvalue weighted by atomic mass is 10.0. The molecule has 2 atom stereocenters. The zero-order chi connectivity index (χ0) is 16.9. The van der Waals surface area contributed by atoms with E-state index in [1.54, 1.807) is 22.1 Å². The van der Waals surface area contributed by atoms with Crippen molar-refractivity contribution < 1.29 is 9.53 Å². The van der Waals surface area contributed by atoms with Crippen LogP contribution in [0.15, 0.2) is 42.6 Å². The van der Waals surface area contributed by atoms with Crippen molar-refractivity contribution in [2.45, 2.75) is 31.4 Å². The average molecular weight is 345 g/mol. The molecule has 1 saturated heterocycles. The first-order valence-corrected chi connectivity index (χ1v) is 9.07. The highest BCUT2D eigenvalue weighted by molar-refractivity contribution is 7.10. The molecule has 2 aromatic heterocycles. The van der Waals surface area contributed by atoms with E-state index in [1.165, 1.54) is 0 Å². The van der Waals surface area contributed by atoms with Crippen molar-refractivity contribution in [3.8, 4) is 0 Å². The average Bonchev–Trinajstić information content (AvgIpc) is 3.28. The molecule has 1 amide bonds.